The fourth-order valence-electron chi connectivity index (χ4n) is 3.92. The number of alkyl halides is 3. The minimum absolute atomic E-state index is 0.0396. The highest BCUT2D eigenvalue weighted by Crippen LogP contribution is 2.29. The first kappa shape index (κ1) is 19.7. The number of aryl methyl sites for hydroxylation is 1. The van der Waals surface area contributed by atoms with Crippen LogP contribution in [0.3, 0.4) is 0 Å². The zero-order valence-electron chi connectivity index (χ0n) is 16.0. The Morgan fingerprint density at radius 1 is 1.14 bits per heavy atom. The molecule has 0 saturated carbocycles. The first-order valence-electron chi connectivity index (χ1n) is 9.53. The topological polar surface area (TPSA) is 65.7 Å². The van der Waals surface area contributed by atoms with Gasteiger partial charge in [-0.1, -0.05) is 17.3 Å². The van der Waals surface area contributed by atoms with Gasteiger partial charge in [-0.25, -0.2) is 4.79 Å². The minimum Gasteiger partial charge on any atom is -0.337 e. The molecule has 0 spiro atoms. The standard InChI is InChI=1S/C19H22F3N5O2/c1-13-23-17(29-24-13)12-26-8-9-27(18(26)28)16-6-7-25(11-16)10-14-2-4-15(5-3-14)19(20,21)22/h2-5,16H,6-12H2,1H3. The number of likely N-dealkylation sites (tertiary alicyclic amines) is 1. The van der Waals surface area contributed by atoms with E-state index in [1.165, 1.54) is 12.1 Å². The Bertz CT molecular complexity index is 867. The summed E-state index contributed by atoms with van der Waals surface area (Å²) in [5, 5.41) is 3.74. The van der Waals surface area contributed by atoms with Crippen LogP contribution in [-0.2, 0) is 19.3 Å². The highest BCUT2D eigenvalue weighted by Gasteiger charge is 2.37. The monoisotopic (exact) mass is 409 g/mol. The second-order valence-corrected chi connectivity index (χ2v) is 7.51. The molecular weight excluding hydrogens is 387 g/mol. The molecule has 29 heavy (non-hydrogen) atoms. The maximum atomic E-state index is 12.7. The average Bonchev–Trinajstić information content (AvgIpc) is 3.37. The molecule has 2 amide bonds. The van der Waals surface area contributed by atoms with Crippen molar-refractivity contribution in [3.63, 3.8) is 0 Å². The summed E-state index contributed by atoms with van der Waals surface area (Å²) in [6, 6.07) is 5.33. The first-order valence-corrected chi connectivity index (χ1v) is 9.53. The number of nitrogens with zero attached hydrogens (tertiary/aromatic N) is 5. The molecule has 0 N–H and O–H groups in total. The number of hydrogen-bond acceptors (Lipinski definition) is 5. The van der Waals surface area contributed by atoms with Crippen LogP contribution in [0.5, 0.6) is 0 Å². The van der Waals surface area contributed by atoms with Gasteiger partial charge in [0.2, 0.25) is 5.89 Å². The number of benzene rings is 1. The molecule has 7 nitrogen and oxygen atoms in total. The summed E-state index contributed by atoms with van der Waals surface area (Å²) >= 11 is 0. The van der Waals surface area contributed by atoms with Crippen LogP contribution in [0.2, 0.25) is 0 Å². The van der Waals surface area contributed by atoms with Crippen LogP contribution in [0.25, 0.3) is 0 Å². The SMILES string of the molecule is Cc1noc(CN2CCN(C3CCN(Cc4ccc(C(F)(F)F)cc4)C3)C2=O)n1. The number of rotatable bonds is 5. The maximum absolute atomic E-state index is 12.7. The lowest BCUT2D eigenvalue weighted by atomic mass is 10.1. The van der Waals surface area contributed by atoms with Gasteiger partial charge in [-0.3, -0.25) is 4.90 Å². The molecule has 0 radical (unpaired) electrons. The van der Waals surface area contributed by atoms with Crippen molar-refractivity contribution in [2.24, 2.45) is 0 Å². The van der Waals surface area contributed by atoms with Gasteiger partial charge in [-0.05, 0) is 31.0 Å². The minimum atomic E-state index is -4.32. The Morgan fingerprint density at radius 3 is 2.55 bits per heavy atom. The van der Waals surface area contributed by atoms with E-state index >= 15 is 0 Å². The number of carbonyl (C=O) groups excluding carboxylic acids is 1. The quantitative estimate of drug-likeness (QED) is 0.760. The van der Waals surface area contributed by atoms with Crippen LogP contribution < -0.4 is 0 Å². The second kappa shape index (κ2) is 7.66. The molecular formula is C19H22F3N5O2. The van der Waals surface area contributed by atoms with Crippen LogP contribution in [0, 0.1) is 6.92 Å². The van der Waals surface area contributed by atoms with E-state index in [0.717, 1.165) is 30.7 Å². The molecule has 1 atom stereocenters. The molecule has 1 aromatic carbocycles. The summed E-state index contributed by atoms with van der Waals surface area (Å²) < 4.78 is 43.2. The smallest absolute Gasteiger partial charge is 0.337 e. The number of urea groups is 1. The fraction of sp³-hybridized carbons (Fsp3) is 0.526. The van der Waals surface area contributed by atoms with Crippen molar-refractivity contribution in [2.45, 2.75) is 38.7 Å². The lowest BCUT2D eigenvalue weighted by molar-refractivity contribution is -0.137. The highest BCUT2D eigenvalue weighted by atomic mass is 19.4. The molecule has 156 valence electrons. The molecule has 0 bridgehead atoms. The van der Waals surface area contributed by atoms with Crippen LogP contribution in [0.1, 0.15) is 29.3 Å². The van der Waals surface area contributed by atoms with Crippen LogP contribution in [0.4, 0.5) is 18.0 Å². The van der Waals surface area contributed by atoms with Gasteiger partial charge in [0.15, 0.2) is 5.82 Å². The van der Waals surface area contributed by atoms with Crippen molar-refractivity contribution in [1.29, 1.82) is 0 Å². The van der Waals surface area contributed by atoms with E-state index in [1.807, 2.05) is 4.90 Å². The molecule has 2 aliphatic rings. The van der Waals surface area contributed by atoms with Crippen molar-refractivity contribution >= 4 is 6.03 Å². The van der Waals surface area contributed by atoms with Crippen LogP contribution in [0.15, 0.2) is 28.8 Å². The normalized spacial score (nSPS) is 20.8. The molecule has 2 fully saturated rings. The number of carbonyl (C=O) groups is 1. The van der Waals surface area contributed by atoms with Gasteiger partial charge >= 0.3 is 12.2 Å². The van der Waals surface area contributed by atoms with Gasteiger partial charge in [-0.15, -0.1) is 0 Å². The Labute approximate surface area is 166 Å². The van der Waals surface area contributed by atoms with E-state index in [0.29, 0.717) is 44.4 Å². The fourth-order valence-corrected chi connectivity index (χ4v) is 3.92. The molecule has 2 aliphatic heterocycles. The van der Waals surface area contributed by atoms with Gasteiger partial charge in [0.1, 0.15) is 6.54 Å². The zero-order valence-corrected chi connectivity index (χ0v) is 16.0. The van der Waals surface area contributed by atoms with E-state index in [1.54, 1.807) is 11.8 Å². The third-order valence-electron chi connectivity index (χ3n) is 5.40. The third kappa shape index (κ3) is 4.36. The summed E-state index contributed by atoms with van der Waals surface area (Å²) in [6.07, 6.45) is -3.47. The van der Waals surface area contributed by atoms with Crippen LogP contribution >= 0.6 is 0 Å². The second-order valence-electron chi connectivity index (χ2n) is 7.51. The zero-order chi connectivity index (χ0) is 20.6. The van der Waals surface area contributed by atoms with Gasteiger partial charge < -0.3 is 14.3 Å². The van der Waals surface area contributed by atoms with Crippen molar-refractivity contribution in [3.05, 3.63) is 47.1 Å². The third-order valence-corrected chi connectivity index (χ3v) is 5.40. The van der Waals surface area contributed by atoms with E-state index in [-0.39, 0.29) is 12.1 Å². The van der Waals surface area contributed by atoms with E-state index in [2.05, 4.69) is 15.0 Å². The van der Waals surface area contributed by atoms with E-state index in [9.17, 15) is 18.0 Å². The molecule has 0 aliphatic carbocycles. The molecule has 1 unspecified atom stereocenters. The maximum Gasteiger partial charge on any atom is 0.416 e. The molecule has 10 heteroatoms. The summed E-state index contributed by atoms with van der Waals surface area (Å²) in [6.45, 7) is 5.37. The lowest BCUT2D eigenvalue weighted by Gasteiger charge is -2.24. The van der Waals surface area contributed by atoms with Crippen molar-refractivity contribution in [3.8, 4) is 0 Å². The van der Waals surface area contributed by atoms with Gasteiger partial charge in [-0.2, -0.15) is 18.2 Å². The van der Waals surface area contributed by atoms with Crippen molar-refractivity contribution < 1.29 is 22.5 Å². The number of halogens is 3. The largest absolute Gasteiger partial charge is 0.416 e. The number of amides is 2. The van der Waals surface area contributed by atoms with Gasteiger partial charge in [0, 0.05) is 38.8 Å². The summed E-state index contributed by atoms with van der Waals surface area (Å²) in [7, 11) is 0. The predicted molar refractivity (Wildman–Crippen MR) is 96.7 cm³/mol. The van der Waals surface area contributed by atoms with Gasteiger partial charge in [0.05, 0.1) is 5.56 Å². The summed E-state index contributed by atoms with van der Waals surface area (Å²) in [5.41, 5.74) is 0.194. The summed E-state index contributed by atoms with van der Waals surface area (Å²) in [4.78, 5) is 22.6. The lowest BCUT2D eigenvalue weighted by Crippen LogP contribution is -2.40. The first-order chi connectivity index (χ1) is 13.8. The van der Waals surface area contributed by atoms with E-state index in [4.69, 9.17) is 4.52 Å². The van der Waals surface area contributed by atoms with Crippen molar-refractivity contribution in [1.82, 2.24) is 24.8 Å². The number of aromatic nitrogens is 2. The average molecular weight is 409 g/mol. The number of hydrogen-bond donors (Lipinski definition) is 0. The Morgan fingerprint density at radius 2 is 1.90 bits per heavy atom. The highest BCUT2D eigenvalue weighted by molar-refractivity contribution is 5.76. The van der Waals surface area contributed by atoms with E-state index < -0.39 is 11.7 Å². The molecule has 4 rings (SSSR count). The molecule has 1 aromatic heterocycles. The predicted octanol–water partition coefficient (Wildman–Crippen LogP) is 2.91. The van der Waals surface area contributed by atoms with Crippen LogP contribution in [-0.4, -0.2) is 63.1 Å². The molecule has 2 aromatic rings. The van der Waals surface area contributed by atoms with Crippen molar-refractivity contribution in [2.75, 3.05) is 26.2 Å². The molecule has 2 saturated heterocycles. The molecule has 3 heterocycles. The summed E-state index contributed by atoms with van der Waals surface area (Å²) in [5.74, 6) is 0.964. The Hall–Kier alpha value is -2.62. The Balaban J connectivity index is 1.31. The Kier molecular flexibility index (Phi) is 5.20. The van der Waals surface area contributed by atoms with Gasteiger partial charge in [0.25, 0.3) is 0 Å².